The van der Waals surface area contributed by atoms with Crippen LogP contribution in [0.5, 0.6) is 0 Å². The average molecular weight is 528 g/mol. The van der Waals surface area contributed by atoms with E-state index in [-0.39, 0.29) is 5.82 Å². The van der Waals surface area contributed by atoms with Gasteiger partial charge in [-0.25, -0.2) is 29.8 Å². The van der Waals surface area contributed by atoms with Crippen molar-refractivity contribution < 1.29 is 0 Å². The number of nitrogens with two attached hydrogens (primary N) is 1. The van der Waals surface area contributed by atoms with Crippen molar-refractivity contribution in [3.63, 3.8) is 0 Å². The number of benzene rings is 1. The lowest BCUT2D eigenvalue weighted by Crippen LogP contribution is -2.38. The second-order valence-corrected chi connectivity index (χ2v) is 9.59. The van der Waals surface area contributed by atoms with E-state index in [0.717, 1.165) is 38.2 Å². The highest BCUT2D eigenvalue weighted by Crippen LogP contribution is 2.31. The summed E-state index contributed by atoms with van der Waals surface area (Å²) in [7, 11) is 0. The summed E-state index contributed by atoms with van der Waals surface area (Å²) in [6.07, 6.45) is 6.78. The second kappa shape index (κ2) is 10.8. The fourth-order valence-electron chi connectivity index (χ4n) is 4.99. The first kappa shape index (κ1) is 24.9. The molecule has 1 aliphatic rings. The van der Waals surface area contributed by atoms with Crippen molar-refractivity contribution in [1.29, 1.82) is 5.26 Å². The van der Waals surface area contributed by atoms with E-state index < -0.39 is 0 Å². The van der Waals surface area contributed by atoms with Crippen LogP contribution < -0.4 is 11.1 Å². The molecule has 3 N–H and O–H groups in total. The smallest absolute Gasteiger partial charge is 0.234 e. The first-order valence-corrected chi connectivity index (χ1v) is 12.9. The van der Waals surface area contributed by atoms with Crippen LogP contribution in [0.25, 0.3) is 33.1 Å². The lowest BCUT2D eigenvalue weighted by atomic mass is 10.0. The summed E-state index contributed by atoms with van der Waals surface area (Å²) in [5.41, 5.74) is 10.7. The number of pyridine rings is 2. The molecule has 1 aliphatic heterocycles. The summed E-state index contributed by atoms with van der Waals surface area (Å²) in [6.45, 7) is 10.1. The fourth-order valence-corrected chi connectivity index (χ4v) is 4.99. The number of nitrogen functional groups attached to an aromatic ring is 1. The zero-order chi connectivity index (χ0) is 27.5. The van der Waals surface area contributed by atoms with E-state index in [4.69, 9.17) is 22.6 Å². The molecule has 11 nitrogen and oxygen atoms in total. The molecule has 196 valence electrons. The number of aromatic nitrogens is 6. The number of nitrogens with zero attached hydrogens (tertiary/aromatic N) is 9. The van der Waals surface area contributed by atoms with E-state index in [1.165, 1.54) is 5.56 Å². The first-order chi connectivity index (χ1) is 19.6. The van der Waals surface area contributed by atoms with Gasteiger partial charge in [0.1, 0.15) is 17.7 Å². The molecule has 0 amide bonds. The topological polar surface area (TPSA) is 139 Å². The lowest BCUT2D eigenvalue weighted by Gasteiger charge is -2.32. The van der Waals surface area contributed by atoms with E-state index in [1.54, 1.807) is 30.7 Å². The molecule has 0 saturated carbocycles. The number of fused-ring (bicyclic) bond motifs is 1. The number of likely N-dealkylation sites (tertiary alicyclic amines) is 1. The third-order valence-electron chi connectivity index (χ3n) is 6.99. The number of anilines is 2. The van der Waals surface area contributed by atoms with Gasteiger partial charge in [0.25, 0.3) is 0 Å². The van der Waals surface area contributed by atoms with E-state index in [2.05, 4.69) is 59.3 Å². The molecule has 0 radical (unpaired) electrons. The van der Waals surface area contributed by atoms with Crippen LogP contribution in [0.1, 0.15) is 24.2 Å². The van der Waals surface area contributed by atoms with Crippen LogP contribution in [0.15, 0.2) is 67.1 Å². The maximum atomic E-state index is 9.02. The van der Waals surface area contributed by atoms with E-state index in [1.807, 2.05) is 22.8 Å². The highest BCUT2D eigenvalue weighted by Gasteiger charge is 2.21. The Labute approximate surface area is 230 Å². The van der Waals surface area contributed by atoms with Crippen molar-refractivity contribution in [1.82, 2.24) is 34.4 Å². The summed E-state index contributed by atoms with van der Waals surface area (Å²) in [4.78, 5) is 27.7. The predicted molar refractivity (Wildman–Crippen MR) is 151 cm³/mol. The van der Waals surface area contributed by atoms with Gasteiger partial charge in [-0.15, -0.1) is 0 Å². The standard InChI is InChI=1S/C29H25N11/c1-32-21-15-24-29(35-17-21)40(28(37-24)23-3-2-11-34-27(23)31)22-6-4-19(5-7-22)18-39-13-9-20(10-14-39)36-25-8-12-33-26(16-30)38-25/h2-8,11-12,15,17,20H,9-10,13-14,18H2,(H2,31,34)(H,33,36,38). The summed E-state index contributed by atoms with van der Waals surface area (Å²) in [5, 5.41) is 12.5. The van der Waals surface area contributed by atoms with Crippen molar-refractivity contribution in [2.45, 2.75) is 25.4 Å². The number of imidazole rings is 1. The van der Waals surface area contributed by atoms with Gasteiger partial charge in [0.05, 0.1) is 17.7 Å². The maximum Gasteiger partial charge on any atom is 0.234 e. The van der Waals surface area contributed by atoms with E-state index in [9.17, 15) is 0 Å². The zero-order valence-corrected chi connectivity index (χ0v) is 21.6. The van der Waals surface area contributed by atoms with Crippen LogP contribution in [0, 0.1) is 17.9 Å². The monoisotopic (exact) mass is 527 g/mol. The van der Waals surface area contributed by atoms with Crippen LogP contribution >= 0.6 is 0 Å². The number of nitriles is 1. The van der Waals surface area contributed by atoms with Crippen LogP contribution in [0.4, 0.5) is 17.3 Å². The molecular weight excluding hydrogens is 502 g/mol. The Morgan fingerprint density at radius 3 is 2.62 bits per heavy atom. The summed E-state index contributed by atoms with van der Waals surface area (Å²) in [6, 6.07) is 17.9. The normalized spacial score (nSPS) is 14.1. The molecule has 6 rings (SSSR count). The highest BCUT2D eigenvalue weighted by atomic mass is 15.2. The van der Waals surface area contributed by atoms with Gasteiger partial charge in [0.2, 0.25) is 11.5 Å². The van der Waals surface area contributed by atoms with Crippen molar-refractivity contribution in [3.05, 3.63) is 89.9 Å². The van der Waals surface area contributed by atoms with Gasteiger partial charge >= 0.3 is 0 Å². The molecule has 4 aromatic heterocycles. The molecule has 5 aromatic rings. The molecule has 1 saturated heterocycles. The lowest BCUT2D eigenvalue weighted by molar-refractivity contribution is 0.211. The minimum atomic E-state index is 0.175. The van der Waals surface area contributed by atoms with Gasteiger partial charge in [0, 0.05) is 50.0 Å². The zero-order valence-electron chi connectivity index (χ0n) is 21.6. The van der Waals surface area contributed by atoms with Gasteiger partial charge < -0.3 is 11.1 Å². The number of hydrogen-bond donors (Lipinski definition) is 2. The molecule has 5 heterocycles. The number of piperidine rings is 1. The van der Waals surface area contributed by atoms with Gasteiger partial charge in [-0.2, -0.15) is 5.26 Å². The Morgan fingerprint density at radius 2 is 1.88 bits per heavy atom. The number of hydrogen-bond acceptors (Lipinski definition) is 9. The van der Waals surface area contributed by atoms with Crippen molar-refractivity contribution in [3.8, 4) is 23.1 Å². The quantitative estimate of drug-likeness (QED) is 0.308. The Bertz CT molecular complexity index is 1750. The second-order valence-electron chi connectivity index (χ2n) is 9.59. The van der Waals surface area contributed by atoms with Crippen molar-refractivity contribution >= 4 is 28.5 Å². The van der Waals surface area contributed by atoms with Crippen molar-refractivity contribution in [2.24, 2.45) is 0 Å². The number of rotatable bonds is 6. The third kappa shape index (κ3) is 5.01. The Balaban J connectivity index is 1.19. The Morgan fingerprint density at radius 1 is 1.05 bits per heavy atom. The molecule has 1 fully saturated rings. The average Bonchev–Trinajstić information content (AvgIpc) is 3.37. The van der Waals surface area contributed by atoms with Gasteiger partial charge in [-0.05, 0) is 54.8 Å². The molecule has 0 atom stereocenters. The molecule has 0 bridgehead atoms. The van der Waals surface area contributed by atoms with Crippen LogP contribution in [0.3, 0.4) is 0 Å². The van der Waals surface area contributed by atoms with E-state index in [0.29, 0.717) is 45.9 Å². The van der Waals surface area contributed by atoms with Crippen molar-refractivity contribution in [2.75, 3.05) is 24.1 Å². The maximum absolute atomic E-state index is 9.02. The molecule has 1 aromatic carbocycles. The van der Waals surface area contributed by atoms with Gasteiger partial charge in [0.15, 0.2) is 11.5 Å². The first-order valence-electron chi connectivity index (χ1n) is 12.9. The molecular formula is C29H25N11. The Kier molecular flexibility index (Phi) is 6.71. The molecule has 11 heteroatoms. The minimum absolute atomic E-state index is 0.175. The van der Waals surface area contributed by atoms with Crippen LogP contribution in [-0.4, -0.2) is 53.5 Å². The van der Waals surface area contributed by atoms with E-state index >= 15 is 0 Å². The fraction of sp³-hybridized carbons (Fsp3) is 0.207. The molecule has 40 heavy (non-hydrogen) atoms. The summed E-state index contributed by atoms with van der Waals surface area (Å²) < 4.78 is 1.96. The van der Waals surface area contributed by atoms with Crippen LogP contribution in [0.2, 0.25) is 0 Å². The molecule has 0 unspecified atom stereocenters. The largest absolute Gasteiger partial charge is 0.383 e. The summed E-state index contributed by atoms with van der Waals surface area (Å²) >= 11 is 0. The number of nitrogens with one attached hydrogen (secondary N) is 1. The Hall–Kier alpha value is -5.39. The summed E-state index contributed by atoms with van der Waals surface area (Å²) in [5.74, 6) is 1.88. The van der Waals surface area contributed by atoms with Crippen LogP contribution in [-0.2, 0) is 6.54 Å². The van der Waals surface area contributed by atoms with Gasteiger partial charge in [-0.3, -0.25) is 9.47 Å². The molecule has 0 spiro atoms. The minimum Gasteiger partial charge on any atom is -0.383 e. The highest BCUT2D eigenvalue weighted by molar-refractivity contribution is 5.84. The predicted octanol–water partition coefficient (Wildman–Crippen LogP) is 4.35. The SMILES string of the molecule is [C-]#[N+]c1cnc2c(c1)nc(-c1cccnc1N)n2-c1ccc(CN2CCC(Nc3ccnc(C#N)n3)CC2)cc1. The van der Waals surface area contributed by atoms with Gasteiger partial charge in [-0.1, -0.05) is 12.1 Å². The molecule has 0 aliphatic carbocycles. The third-order valence-corrected chi connectivity index (χ3v) is 6.99.